The van der Waals surface area contributed by atoms with Gasteiger partial charge in [-0.25, -0.2) is 4.79 Å². The molecule has 0 spiro atoms. The highest BCUT2D eigenvalue weighted by atomic mass is 16.6. The first kappa shape index (κ1) is 48.8. The van der Waals surface area contributed by atoms with Crippen LogP contribution in [0.25, 0.3) is 0 Å². The van der Waals surface area contributed by atoms with Crippen molar-refractivity contribution in [3.05, 3.63) is 42.5 Å². The van der Waals surface area contributed by atoms with Gasteiger partial charge in [-0.1, -0.05) is 64.2 Å². The number of rotatable bonds is 43. The van der Waals surface area contributed by atoms with Crippen LogP contribution < -0.4 is 4.74 Å². The minimum Gasteiger partial charge on any atom is -0.491 e. The average molecular weight is 759 g/mol. The van der Waals surface area contributed by atoms with E-state index in [1.807, 2.05) is 0 Å². The first-order valence-corrected chi connectivity index (χ1v) is 19.5. The predicted molar refractivity (Wildman–Crippen MR) is 203 cm³/mol. The molecule has 13 nitrogen and oxygen atoms in total. The van der Waals surface area contributed by atoms with Crippen LogP contribution in [-0.4, -0.2) is 151 Å². The van der Waals surface area contributed by atoms with Gasteiger partial charge in [0.15, 0.2) is 0 Å². The molecule has 0 heterocycles. The second-order valence-corrected chi connectivity index (χ2v) is 11.9. The molecule has 0 aliphatic heterocycles. The first-order chi connectivity index (χ1) is 26.3. The van der Waals surface area contributed by atoms with Crippen LogP contribution in [0.1, 0.15) is 57.4 Å². The second-order valence-electron chi connectivity index (χ2n) is 11.9. The molecule has 0 aromatic heterocycles. The Labute approximate surface area is 319 Å². The number of benzene rings is 1. The summed E-state index contributed by atoms with van der Waals surface area (Å²) in [7, 11) is 0. The molecule has 0 fully saturated rings. The summed E-state index contributed by atoms with van der Waals surface area (Å²) in [5.41, 5.74) is 1.38. The number of esters is 1. The minimum absolute atomic E-state index is 0.198. The standard InChI is InChI=1S/C40H70O13/c1-3-5-6-7-8-9-10-11-38-12-14-39(15-13-38)52-36-34-50-32-30-48-28-26-46-24-22-44-20-18-42-16-17-43-19-21-45-23-25-47-27-29-49-31-33-51-35-37-53-40(41)4-2/h4,12-15H,2-3,5-11,16-37H2,1H3. The van der Waals surface area contributed by atoms with Gasteiger partial charge in [-0.3, -0.25) is 0 Å². The van der Waals surface area contributed by atoms with Gasteiger partial charge >= 0.3 is 5.97 Å². The van der Waals surface area contributed by atoms with E-state index >= 15 is 0 Å². The van der Waals surface area contributed by atoms with Crippen LogP contribution in [0.5, 0.6) is 5.75 Å². The van der Waals surface area contributed by atoms with Gasteiger partial charge in [0.1, 0.15) is 19.0 Å². The highest BCUT2D eigenvalue weighted by Gasteiger charge is 2.00. The molecule has 0 atom stereocenters. The van der Waals surface area contributed by atoms with Gasteiger partial charge < -0.3 is 56.8 Å². The number of carbonyl (C=O) groups is 1. The monoisotopic (exact) mass is 758 g/mol. The molecule has 0 radical (unpaired) electrons. The Hall–Kier alpha value is -2.17. The fraction of sp³-hybridized carbons (Fsp3) is 0.775. The van der Waals surface area contributed by atoms with Crippen molar-refractivity contribution in [2.75, 3.05) is 145 Å². The van der Waals surface area contributed by atoms with Gasteiger partial charge in [0.2, 0.25) is 0 Å². The zero-order valence-corrected chi connectivity index (χ0v) is 32.6. The van der Waals surface area contributed by atoms with Crippen LogP contribution in [-0.2, 0) is 63.3 Å². The van der Waals surface area contributed by atoms with Crippen molar-refractivity contribution >= 4 is 5.97 Å². The number of ether oxygens (including phenoxy) is 12. The predicted octanol–water partition coefficient (Wildman–Crippen LogP) is 5.25. The molecule has 0 amide bonds. The Morgan fingerprint density at radius 1 is 0.453 bits per heavy atom. The second kappa shape index (κ2) is 41.0. The van der Waals surface area contributed by atoms with Crippen molar-refractivity contribution in [1.29, 1.82) is 0 Å². The summed E-state index contributed by atoms with van der Waals surface area (Å²) in [5.74, 6) is 0.424. The summed E-state index contributed by atoms with van der Waals surface area (Å²) in [6, 6.07) is 8.44. The lowest BCUT2D eigenvalue weighted by Gasteiger charge is -2.09. The van der Waals surface area contributed by atoms with Crippen LogP contribution in [0, 0.1) is 0 Å². The molecule has 0 N–H and O–H groups in total. The van der Waals surface area contributed by atoms with Crippen molar-refractivity contribution in [1.82, 2.24) is 0 Å². The van der Waals surface area contributed by atoms with Crippen LogP contribution in [0.2, 0.25) is 0 Å². The number of unbranched alkanes of at least 4 members (excludes halogenated alkanes) is 6. The fourth-order valence-corrected chi connectivity index (χ4v) is 4.60. The summed E-state index contributed by atoms with van der Waals surface area (Å²) in [4.78, 5) is 10.9. The van der Waals surface area contributed by atoms with Crippen LogP contribution in [0.4, 0.5) is 0 Å². The van der Waals surface area contributed by atoms with E-state index in [4.69, 9.17) is 56.8 Å². The van der Waals surface area contributed by atoms with E-state index in [-0.39, 0.29) is 6.61 Å². The lowest BCUT2D eigenvalue weighted by Crippen LogP contribution is -2.15. The zero-order valence-electron chi connectivity index (χ0n) is 32.6. The molecule has 13 heteroatoms. The van der Waals surface area contributed by atoms with Crippen molar-refractivity contribution in [3.63, 3.8) is 0 Å². The van der Waals surface area contributed by atoms with Crippen LogP contribution >= 0.6 is 0 Å². The largest absolute Gasteiger partial charge is 0.491 e. The van der Waals surface area contributed by atoms with Gasteiger partial charge in [0.25, 0.3) is 0 Å². The summed E-state index contributed by atoms with van der Waals surface area (Å²) in [5, 5.41) is 0. The number of carbonyl (C=O) groups excluding carboxylic acids is 1. The van der Waals surface area contributed by atoms with Crippen molar-refractivity contribution in [2.45, 2.75) is 58.3 Å². The fourth-order valence-electron chi connectivity index (χ4n) is 4.60. The van der Waals surface area contributed by atoms with Gasteiger partial charge in [-0.15, -0.1) is 0 Å². The van der Waals surface area contributed by atoms with E-state index in [1.54, 1.807) is 0 Å². The van der Waals surface area contributed by atoms with E-state index in [0.717, 1.165) is 18.2 Å². The molecule has 308 valence electrons. The molecule has 1 rings (SSSR count). The van der Waals surface area contributed by atoms with Gasteiger partial charge in [0, 0.05) is 6.08 Å². The lowest BCUT2D eigenvalue weighted by atomic mass is 10.0. The van der Waals surface area contributed by atoms with Crippen molar-refractivity contribution < 1.29 is 61.6 Å². The number of aryl methyl sites for hydroxylation is 1. The molecule has 0 aliphatic rings. The average Bonchev–Trinajstić information content (AvgIpc) is 3.18. The van der Waals surface area contributed by atoms with Crippen molar-refractivity contribution in [2.24, 2.45) is 0 Å². The Balaban J connectivity index is 1.68. The maximum Gasteiger partial charge on any atom is 0.330 e. The SMILES string of the molecule is C=CC(=O)OCCOCCOCCOCCOCCOCCOCCOCCOCCOCCOCCOc1ccc(CCCCCCCCC)cc1. The highest BCUT2D eigenvalue weighted by Crippen LogP contribution is 2.15. The Morgan fingerprint density at radius 3 is 1.13 bits per heavy atom. The Morgan fingerprint density at radius 2 is 0.774 bits per heavy atom. The van der Waals surface area contributed by atoms with Crippen LogP contribution in [0.15, 0.2) is 36.9 Å². The van der Waals surface area contributed by atoms with E-state index < -0.39 is 5.97 Å². The van der Waals surface area contributed by atoms with E-state index in [1.165, 1.54) is 50.5 Å². The normalized spacial score (nSPS) is 11.3. The third-order valence-corrected chi connectivity index (χ3v) is 7.48. The smallest absolute Gasteiger partial charge is 0.330 e. The van der Waals surface area contributed by atoms with Crippen LogP contribution in [0.3, 0.4) is 0 Å². The lowest BCUT2D eigenvalue weighted by molar-refractivity contribution is -0.139. The third-order valence-electron chi connectivity index (χ3n) is 7.48. The quantitative estimate of drug-likeness (QED) is 0.0489. The maximum absolute atomic E-state index is 10.9. The topological polar surface area (TPSA) is 128 Å². The number of hydrogen-bond acceptors (Lipinski definition) is 13. The molecule has 53 heavy (non-hydrogen) atoms. The highest BCUT2D eigenvalue weighted by molar-refractivity contribution is 5.81. The first-order valence-electron chi connectivity index (χ1n) is 19.5. The summed E-state index contributed by atoms with van der Waals surface area (Å²) in [6.45, 7) is 16.0. The molecule has 0 aliphatic carbocycles. The zero-order chi connectivity index (χ0) is 38.0. The van der Waals surface area contributed by atoms with E-state index in [0.29, 0.717) is 139 Å². The van der Waals surface area contributed by atoms with Gasteiger partial charge in [-0.05, 0) is 30.5 Å². The van der Waals surface area contributed by atoms with Crippen molar-refractivity contribution in [3.8, 4) is 5.75 Å². The summed E-state index contributed by atoms with van der Waals surface area (Å²) < 4.78 is 65.3. The van der Waals surface area contributed by atoms with E-state index in [9.17, 15) is 4.79 Å². The molecule has 1 aromatic carbocycles. The molecular formula is C40H70O13. The summed E-state index contributed by atoms with van der Waals surface area (Å²) in [6.07, 6.45) is 11.6. The maximum atomic E-state index is 10.9. The van der Waals surface area contributed by atoms with Gasteiger partial charge in [0.05, 0.1) is 132 Å². The molecule has 0 bridgehead atoms. The van der Waals surface area contributed by atoms with E-state index in [2.05, 4.69) is 37.8 Å². The number of hydrogen-bond donors (Lipinski definition) is 0. The van der Waals surface area contributed by atoms with Gasteiger partial charge in [-0.2, -0.15) is 0 Å². The molecule has 1 aromatic rings. The Bertz CT molecular complexity index is 903. The molecule has 0 saturated carbocycles. The minimum atomic E-state index is -0.458. The molecule has 0 unspecified atom stereocenters. The molecular weight excluding hydrogens is 688 g/mol. The molecule has 0 saturated heterocycles. The summed E-state index contributed by atoms with van der Waals surface area (Å²) >= 11 is 0. The Kier molecular flexibility index (Phi) is 37.8. The third kappa shape index (κ3) is 36.6.